The van der Waals surface area contributed by atoms with Gasteiger partial charge in [-0.1, -0.05) is 0 Å². The number of benzene rings is 1. The van der Waals surface area contributed by atoms with Crippen LogP contribution in [0.5, 0.6) is 11.6 Å². The van der Waals surface area contributed by atoms with E-state index in [1.165, 1.54) is 30.3 Å². The van der Waals surface area contributed by atoms with Gasteiger partial charge in [-0.15, -0.1) is 0 Å². The third-order valence-electron chi connectivity index (χ3n) is 3.17. The Bertz CT molecular complexity index is 821. The molecular formula is C14H14N2O4S. The van der Waals surface area contributed by atoms with E-state index in [0.29, 0.717) is 17.5 Å². The molecule has 2 aromatic rings. The third-order valence-corrected chi connectivity index (χ3v) is 4.30. The second kappa shape index (κ2) is 5.00. The maximum absolute atomic E-state index is 11.6. The average molecular weight is 306 g/mol. The van der Waals surface area contributed by atoms with E-state index in [4.69, 9.17) is 4.74 Å². The van der Waals surface area contributed by atoms with Gasteiger partial charge < -0.3 is 9.72 Å². The van der Waals surface area contributed by atoms with Crippen LogP contribution in [-0.2, 0) is 9.84 Å². The molecule has 0 amide bonds. The first kappa shape index (κ1) is 13.8. The number of ether oxygens (including phenoxy) is 1. The number of rotatable bonds is 4. The molecule has 0 radical (unpaired) electrons. The number of aromatic amines is 1. The maximum Gasteiger partial charge on any atom is 0.254 e. The highest BCUT2D eigenvalue weighted by molar-refractivity contribution is 7.90. The van der Waals surface area contributed by atoms with Crippen LogP contribution in [0.15, 0.2) is 40.0 Å². The van der Waals surface area contributed by atoms with Crippen molar-refractivity contribution >= 4 is 9.84 Å². The van der Waals surface area contributed by atoms with Crippen molar-refractivity contribution in [2.45, 2.75) is 23.7 Å². The Morgan fingerprint density at radius 2 is 1.90 bits per heavy atom. The van der Waals surface area contributed by atoms with Crippen LogP contribution in [0.2, 0.25) is 0 Å². The van der Waals surface area contributed by atoms with Gasteiger partial charge in [-0.25, -0.2) is 8.42 Å². The molecule has 0 bridgehead atoms. The molecule has 0 atom stereocenters. The lowest BCUT2D eigenvalue weighted by Crippen LogP contribution is -2.10. The lowest BCUT2D eigenvalue weighted by Gasteiger charge is -2.06. The molecule has 1 fully saturated rings. The number of nitrogens with one attached hydrogen (secondary N) is 1. The molecule has 1 aromatic carbocycles. The normalized spacial score (nSPS) is 14.9. The first-order valence-corrected chi connectivity index (χ1v) is 8.40. The quantitative estimate of drug-likeness (QED) is 0.931. The van der Waals surface area contributed by atoms with Gasteiger partial charge in [0.1, 0.15) is 11.6 Å². The second-order valence-corrected chi connectivity index (χ2v) is 7.10. The fourth-order valence-corrected chi connectivity index (χ4v) is 2.56. The molecule has 1 aromatic heterocycles. The molecule has 0 saturated heterocycles. The van der Waals surface area contributed by atoms with E-state index in [1.54, 1.807) is 0 Å². The average Bonchev–Trinajstić information content (AvgIpc) is 3.21. The fraction of sp³-hybridized carbons (Fsp3) is 0.286. The zero-order valence-electron chi connectivity index (χ0n) is 11.4. The third kappa shape index (κ3) is 3.30. The highest BCUT2D eigenvalue weighted by Crippen LogP contribution is 2.38. The van der Waals surface area contributed by atoms with Crippen LogP contribution in [0, 0.1) is 0 Å². The zero-order valence-corrected chi connectivity index (χ0v) is 12.2. The second-order valence-electron chi connectivity index (χ2n) is 5.09. The van der Waals surface area contributed by atoms with Crippen molar-refractivity contribution in [2.24, 2.45) is 0 Å². The van der Waals surface area contributed by atoms with E-state index < -0.39 is 9.84 Å². The molecule has 1 saturated carbocycles. The van der Waals surface area contributed by atoms with Gasteiger partial charge in [-0.3, -0.25) is 4.79 Å². The van der Waals surface area contributed by atoms with E-state index in [9.17, 15) is 13.2 Å². The molecule has 110 valence electrons. The summed E-state index contributed by atoms with van der Waals surface area (Å²) in [5.41, 5.74) is -0.255. The topological polar surface area (TPSA) is 89.1 Å². The van der Waals surface area contributed by atoms with Crippen LogP contribution < -0.4 is 10.3 Å². The molecule has 3 rings (SSSR count). The van der Waals surface area contributed by atoms with E-state index in [0.717, 1.165) is 19.1 Å². The minimum Gasteiger partial charge on any atom is -0.439 e. The van der Waals surface area contributed by atoms with Crippen LogP contribution in [0.3, 0.4) is 0 Å². The Labute approximate surface area is 121 Å². The number of hydrogen-bond acceptors (Lipinski definition) is 5. The van der Waals surface area contributed by atoms with Crippen LogP contribution >= 0.6 is 0 Å². The summed E-state index contributed by atoms with van der Waals surface area (Å²) in [5, 5.41) is 0. The number of aromatic nitrogens is 2. The minimum absolute atomic E-state index is 0.215. The van der Waals surface area contributed by atoms with Gasteiger partial charge in [-0.05, 0) is 37.1 Å². The van der Waals surface area contributed by atoms with Crippen molar-refractivity contribution in [1.82, 2.24) is 9.97 Å². The minimum atomic E-state index is -3.24. The lowest BCUT2D eigenvalue weighted by molar-refractivity contribution is 0.457. The summed E-state index contributed by atoms with van der Waals surface area (Å²) in [6.07, 6.45) is 3.19. The molecule has 7 heteroatoms. The number of hydrogen-bond donors (Lipinski definition) is 1. The van der Waals surface area contributed by atoms with Crippen molar-refractivity contribution < 1.29 is 13.2 Å². The summed E-state index contributed by atoms with van der Waals surface area (Å²) >= 11 is 0. The van der Waals surface area contributed by atoms with Gasteiger partial charge in [0.2, 0.25) is 5.88 Å². The van der Waals surface area contributed by atoms with E-state index in [-0.39, 0.29) is 16.3 Å². The molecule has 1 aliphatic carbocycles. The van der Waals surface area contributed by atoms with Gasteiger partial charge in [-0.2, -0.15) is 4.98 Å². The van der Waals surface area contributed by atoms with Gasteiger partial charge in [0.15, 0.2) is 9.84 Å². The van der Waals surface area contributed by atoms with Gasteiger partial charge in [0.25, 0.3) is 5.56 Å². The number of sulfone groups is 1. The van der Waals surface area contributed by atoms with Crippen molar-refractivity contribution in [2.75, 3.05) is 6.26 Å². The summed E-state index contributed by atoms with van der Waals surface area (Å²) in [4.78, 5) is 18.7. The molecule has 0 spiro atoms. The molecule has 1 aliphatic rings. The smallest absolute Gasteiger partial charge is 0.254 e. The predicted octanol–water partition coefficient (Wildman–Crippen LogP) is 1.84. The van der Waals surface area contributed by atoms with Gasteiger partial charge in [0.05, 0.1) is 11.0 Å². The molecule has 21 heavy (non-hydrogen) atoms. The van der Waals surface area contributed by atoms with Gasteiger partial charge >= 0.3 is 0 Å². The molecule has 0 aliphatic heterocycles. The zero-order chi connectivity index (χ0) is 15.0. The lowest BCUT2D eigenvalue weighted by atomic mass is 10.3. The van der Waals surface area contributed by atoms with E-state index in [1.807, 2.05) is 0 Å². The molecule has 6 nitrogen and oxygen atoms in total. The molecule has 1 N–H and O–H groups in total. The van der Waals surface area contributed by atoms with Gasteiger partial charge in [0, 0.05) is 12.2 Å². The first-order valence-electron chi connectivity index (χ1n) is 6.51. The highest BCUT2D eigenvalue weighted by atomic mass is 32.2. The summed E-state index contributed by atoms with van der Waals surface area (Å²) in [6.45, 7) is 0. The summed E-state index contributed by atoms with van der Waals surface area (Å²) in [5.74, 6) is 1.61. The maximum atomic E-state index is 11.6. The van der Waals surface area contributed by atoms with Crippen LogP contribution in [0.4, 0.5) is 0 Å². The molecule has 0 unspecified atom stereocenters. The summed E-state index contributed by atoms with van der Waals surface area (Å²) in [7, 11) is -3.24. The standard InChI is InChI=1S/C14H14N2O4S/c1-21(18,19)11-6-4-10(5-7-11)20-13-8-12(17)15-14(16-13)9-2-3-9/h4-9H,2-3H2,1H3,(H,15,16,17). The van der Waals surface area contributed by atoms with E-state index in [2.05, 4.69) is 9.97 Å². The van der Waals surface area contributed by atoms with Crippen LogP contribution in [0.25, 0.3) is 0 Å². The van der Waals surface area contributed by atoms with Crippen LogP contribution in [0.1, 0.15) is 24.6 Å². The Morgan fingerprint density at radius 1 is 1.24 bits per heavy atom. The van der Waals surface area contributed by atoms with Crippen molar-refractivity contribution in [3.05, 3.63) is 46.5 Å². The fourth-order valence-electron chi connectivity index (χ4n) is 1.93. The summed E-state index contributed by atoms with van der Waals surface area (Å²) in [6, 6.07) is 7.27. The highest BCUT2D eigenvalue weighted by Gasteiger charge is 2.26. The Hall–Kier alpha value is -2.15. The monoisotopic (exact) mass is 306 g/mol. The van der Waals surface area contributed by atoms with Crippen molar-refractivity contribution in [1.29, 1.82) is 0 Å². The summed E-state index contributed by atoms with van der Waals surface area (Å²) < 4.78 is 28.3. The molecule has 1 heterocycles. The van der Waals surface area contributed by atoms with Crippen LogP contribution in [-0.4, -0.2) is 24.6 Å². The SMILES string of the molecule is CS(=O)(=O)c1ccc(Oc2cc(=O)[nH]c(C3CC3)n2)cc1. The first-order chi connectivity index (χ1) is 9.91. The van der Waals surface area contributed by atoms with E-state index >= 15 is 0 Å². The Kier molecular flexibility index (Phi) is 3.29. The number of H-pyrrole nitrogens is 1. The van der Waals surface area contributed by atoms with Crippen molar-refractivity contribution in [3.8, 4) is 11.6 Å². The van der Waals surface area contributed by atoms with Crippen molar-refractivity contribution in [3.63, 3.8) is 0 Å². The Balaban J connectivity index is 1.85. The number of nitrogens with zero attached hydrogens (tertiary/aromatic N) is 1. The predicted molar refractivity (Wildman–Crippen MR) is 76.5 cm³/mol. The largest absolute Gasteiger partial charge is 0.439 e. The molecular weight excluding hydrogens is 292 g/mol. The Morgan fingerprint density at radius 3 is 2.48 bits per heavy atom.